The first-order valence-electron chi connectivity index (χ1n) is 6.62. The van der Waals surface area contributed by atoms with Crippen molar-refractivity contribution < 1.29 is 4.74 Å². The van der Waals surface area contributed by atoms with Crippen LogP contribution in [-0.2, 0) is 6.42 Å². The van der Waals surface area contributed by atoms with Gasteiger partial charge in [0.2, 0.25) is 0 Å². The van der Waals surface area contributed by atoms with Crippen molar-refractivity contribution >= 4 is 15.9 Å². The lowest BCUT2D eigenvalue weighted by Crippen LogP contribution is -1.95. The molecule has 1 nitrogen and oxygen atoms in total. The fourth-order valence-corrected chi connectivity index (χ4v) is 2.84. The molecule has 0 spiro atoms. The van der Waals surface area contributed by atoms with Crippen LogP contribution in [0.5, 0.6) is 5.75 Å². The van der Waals surface area contributed by atoms with E-state index in [0.29, 0.717) is 4.83 Å². The average molecular weight is 319 g/mol. The summed E-state index contributed by atoms with van der Waals surface area (Å²) in [6, 6.07) is 18.8. The van der Waals surface area contributed by atoms with Crippen LogP contribution in [-0.4, -0.2) is 7.11 Å². The smallest absolute Gasteiger partial charge is 0.122 e. The fourth-order valence-electron chi connectivity index (χ4n) is 2.21. The number of benzene rings is 2. The van der Waals surface area contributed by atoms with Crippen LogP contribution < -0.4 is 4.74 Å². The van der Waals surface area contributed by atoms with Crippen molar-refractivity contribution in [2.45, 2.75) is 24.1 Å². The van der Waals surface area contributed by atoms with Gasteiger partial charge in [-0.3, -0.25) is 0 Å². The summed E-state index contributed by atoms with van der Waals surface area (Å²) in [5, 5.41) is 0. The Labute approximate surface area is 123 Å². The number of ether oxygens (including phenoxy) is 1. The molecule has 19 heavy (non-hydrogen) atoms. The zero-order valence-electron chi connectivity index (χ0n) is 11.2. The van der Waals surface area contributed by atoms with Crippen LogP contribution in [0.3, 0.4) is 0 Å². The van der Waals surface area contributed by atoms with Crippen molar-refractivity contribution in [1.29, 1.82) is 0 Å². The maximum atomic E-state index is 5.38. The molecule has 0 saturated carbocycles. The third-order valence-corrected chi connectivity index (χ3v) is 4.24. The van der Waals surface area contributed by atoms with E-state index in [9.17, 15) is 0 Å². The topological polar surface area (TPSA) is 9.23 Å². The molecule has 2 heteroatoms. The molecule has 1 unspecified atom stereocenters. The highest BCUT2D eigenvalue weighted by atomic mass is 79.9. The number of methoxy groups -OCH3 is 1. The first-order chi connectivity index (χ1) is 9.31. The molecule has 0 fully saturated rings. The molecule has 0 saturated heterocycles. The Bertz CT molecular complexity index is 496. The number of aryl methyl sites for hydroxylation is 1. The minimum Gasteiger partial charge on any atom is -0.496 e. The first-order valence-corrected chi connectivity index (χ1v) is 7.53. The molecule has 0 heterocycles. The lowest BCUT2D eigenvalue weighted by atomic mass is 10.0. The van der Waals surface area contributed by atoms with E-state index in [1.807, 2.05) is 12.1 Å². The van der Waals surface area contributed by atoms with Gasteiger partial charge in [-0.15, -0.1) is 0 Å². The molecular weight excluding hydrogens is 300 g/mol. The third-order valence-electron chi connectivity index (χ3n) is 3.26. The molecule has 2 aromatic carbocycles. The van der Waals surface area contributed by atoms with Crippen molar-refractivity contribution in [3.8, 4) is 5.75 Å². The van der Waals surface area contributed by atoms with Gasteiger partial charge >= 0.3 is 0 Å². The highest BCUT2D eigenvalue weighted by Crippen LogP contribution is 2.29. The Balaban J connectivity index is 1.87. The van der Waals surface area contributed by atoms with Gasteiger partial charge in [-0.25, -0.2) is 0 Å². The minimum atomic E-state index is 0.434. The molecule has 0 bridgehead atoms. The zero-order valence-corrected chi connectivity index (χ0v) is 12.8. The fraction of sp³-hybridized carbons (Fsp3) is 0.294. The molecular formula is C17H19BrO. The summed E-state index contributed by atoms with van der Waals surface area (Å²) in [5.41, 5.74) is 2.64. The zero-order chi connectivity index (χ0) is 13.5. The molecule has 0 aliphatic rings. The van der Waals surface area contributed by atoms with E-state index in [-0.39, 0.29) is 0 Å². The van der Waals surface area contributed by atoms with E-state index < -0.39 is 0 Å². The highest BCUT2D eigenvalue weighted by molar-refractivity contribution is 9.09. The normalized spacial score (nSPS) is 12.1. The van der Waals surface area contributed by atoms with Crippen LogP contribution in [0, 0.1) is 0 Å². The Morgan fingerprint density at radius 3 is 2.42 bits per heavy atom. The predicted octanol–water partition coefficient (Wildman–Crippen LogP) is 5.15. The van der Waals surface area contributed by atoms with E-state index in [4.69, 9.17) is 4.74 Å². The summed E-state index contributed by atoms with van der Waals surface area (Å²) in [4.78, 5) is 0.434. The molecule has 0 N–H and O–H groups in total. The second kappa shape index (κ2) is 7.34. The molecule has 0 aromatic heterocycles. The average Bonchev–Trinajstić information content (AvgIpc) is 2.48. The standard InChI is InChI=1S/C17H19BrO/c1-19-17-13-6-5-10-15(17)11-7-12-16(18)14-8-3-2-4-9-14/h2-6,8-10,13,16H,7,11-12H2,1H3. The van der Waals surface area contributed by atoms with Gasteiger partial charge in [0.1, 0.15) is 5.75 Å². The summed E-state index contributed by atoms with van der Waals surface area (Å²) < 4.78 is 5.38. The number of halogens is 1. The summed E-state index contributed by atoms with van der Waals surface area (Å²) in [5.74, 6) is 0.994. The molecule has 0 aliphatic heterocycles. The SMILES string of the molecule is COc1ccccc1CCCC(Br)c1ccccc1. The van der Waals surface area contributed by atoms with Gasteiger partial charge in [0.05, 0.1) is 7.11 Å². The predicted molar refractivity (Wildman–Crippen MR) is 84.0 cm³/mol. The Morgan fingerprint density at radius 2 is 1.68 bits per heavy atom. The number of para-hydroxylation sites is 1. The van der Waals surface area contributed by atoms with Gasteiger partial charge in [-0.1, -0.05) is 64.5 Å². The Kier molecular flexibility index (Phi) is 5.46. The molecule has 1 atom stereocenters. The summed E-state index contributed by atoms with van der Waals surface area (Å²) in [6.07, 6.45) is 3.33. The molecule has 2 rings (SSSR count). The number of alkyl halides is 1. The van der Waals surface area contributed by atoms with Gasteiger partial charge < -0.3 is 4.74 Å². The third kappa shape index (κ3) is 4.10. The van der Waals surface area contributed by atoms with Crippen molar-refractivity contribution in [1.82, 2.24) is 0 Å². The molecule has 0 aliphatic carbocycles. The summed E-state index contributed by atoms with van der Waals surface area (Å²) in [6.45, 7) is 0. The molecule has 0 radical (unpaired) electrons. The van der Waals surface area contributed by atoms with Crippen molar-refractivity contribution in [3.05, 3.63) is 65.7 Å². The summed E-state index contributed by atoms with van der Waals surface area (Å²) >= 11 is 3.76. The Morgan fingerprint density at radius 1 is 1.00 bits per heavy atom. The monoisotopic (exact) mass is 318 g/mol. The Hall–Kier alpha value is -1.28. The van der Waals surface area contributed by atoms with Crippen molar-refractivity contribution in [2.24, 2.45) is 0 Å². The molecule has 0 amide bonds. The van der Waals surface area contributed by atoms with Crippen LogP contribution in [0.1, 0.15) is 28.8 Å². The highest BCUT2D eigenvalue weighted by Gasteiger charge is 2.07. The van der Waals surface area contributed by atoms with Crippen molar-refractivity contribution in [3.63, 3.8) is 0 Å². The van der Waals surface area contributed by atoms with Crippen LogP contribution in [0.25, 0.3) is 0 Å². The van der Waals surface area contributed by atoms with Crippen molar-refractivity contribution in [2.75, 3.05) is 7.11 Å². The van der Waals surface area contributed by atoms with E-state index in [2.05, 4.69) is 58.4 Å². The van der Waals surface area contributed by atoms with Crippen LogP contribution in [0.15, 0.2) is 54.6 Å². The van der Waals surface area contributed by atoms with E-state index in [1.165, 1.54) is 11.1 Å². The lowest BCUT2D eigenvalue weighted by molar-refractivity contribution is 0.409. The molecule has 2 aromatic rings. The quantitative estimate of drug-likeness (QED) is 0.669. The van der Waals surface area contributed by atoms with Crippen LogP contribution in [0.2, 0.25) is 0 Å². The van der Waals surface area contributed by atoms with Gasteiger partial charge in [0.15, 0.2) is 0 Å². The van der Waals surface area contributed by atoms with Gasteiger partial charge in [-0.05, 0) is 36.5 Å². The second-order valence-electron chi connectivity index (χ2n) is 4.58. The summed E-state index contributed by atoms with van der Waals surface area (Å²) in [7, 11) is 1.73. The largest absolute Gasteiger partial charge is 0.496 e. The van der Waals surface area contributed by atoms with Gasteiger partial charge in [-0.2, -0.15) is 0 Å². The van der Waals surface area contributed by atoms with E-state index >= 15 is 0 Å². The van der Waals surface area contributed by atoms with Gasteiger partial charge in [0, 0.05) is 4.83 Å². The molecule has 100 valence electrons. The first kappa shape index (κ1) is 14.1. The second-order valence-corrected chi connectivity index (χ2v) is 5.69. The van der Waals surface area contributed by atoms with Crippen LogP contribution >= 0.6 is 15.9 Å². The number of hydrogen-bond donors (Lipinski definition) is 0. The van der Waals surface area contributed by atoms with E-state index in [1.54, 1.807) is 7.11 Å². The minimum absolute atomic E-state index is 0.434. The maximum absolute atomic E-state index is 5.38. The lowest BCUT2D eigenvalue weighted by Gasteiger charge is -2.11. The maximum Gasteiger partial charge on any atom is 0.122 e. The van der Waals surface area contributed by atoms with Gasteiger partial charge in [0.25, 0.3) is 0 Å². The van der Waals surface area contributed by atoms with Crippen LogP contribution in [0.4, 0.5) is 0 Å². The number of hydrogen-bond acceptors (Lipinski definition) is 1. The van der Waals surface area contributed by atoms with E-state index in [0.717, 1.165) is 25.0 Å². The number of rotatable bonds is 6.